The number of allylic oxidation sites excluding steroid dienone is 1. The Morgan fingerprint density at radius 3 is 2.17 bits per heavy atom. The van der Waals surface area contributed by atoms with Crippen molar-refractivity contribution in [1.82, 2.24) is 0 Å². The first-order chi connectivity index (χ1) is 2.81. The summed E-state index contributed by atoms with van der Waals surface area (Å²) < 4.78 is 0. The molecule has 0 rings (SSSR count). The molecular weight excluding hydrogens is 74.1 g/mol. The van der Waals surface area contributed by atoms with Gasteiger partial charge in [-0.25, -0.2) is 0 Å². The second kappa shape index (κ2) is 2.64. The van der Waals surface area contributed by atoms with Crippen LogP contribution in [0.1, 0.15) is 6.42 Å². The summed E-state index contributed by atoms with van der Waals surface area (Å²) in [4.78, 5) is 3.50. The molecule has 1 heteroatoms. The molecule has 0 unspecified atom stereocenters. The third-order valence-corrected chi connectivity index (χ3v) is 0.512. The average Bonchev–Trinajstić information content (AvgIpc) is 1.65. The Balaban J connectivity index is 3.23. The van der Waals surface area contributed by atoms with Crippen molar-refractivity contribution < 1.29 is 0 Å². The molecule has 1 nitrogen and oxygen atoms in total. The van der Waals surface area contributed by atoms with E-state index >= 15 is 0 Å². The lowest BCUT2D eigenvalue weighted by molar-refractivity contribution is 1.19. The van der Waals surface area contributed by atoms with E-state index in [1.165, 1.54) is 0 Å². The van der Waals surface area contributed by atoms with Gasteiger partial charge >= 0.3 is 0 Å². The van der Waals surface area contributed by atoms with Gasteiger partial charge in [-0.2, -0.15) is 0 Å². The first kappa shape index (κ1) is 5.41. The van der Waals surface area contributed by atoms with Crippen molar-refractivity contribution >= 4 is 6.72 Å². The minimum atomic E-state index is 0.656. The lowest BCUT2D eigenvalue weighted by Crippen LogP contribution is -1.64. The van der Waals surface area contributed by atoms with Crippen molar-refractivity contribution in [1.29, 1.82) is 0 Å². The second-order valence-electron chi connectivity index (χ2n) is 0.974. The molecule has 0 aliphatic rings. The van der Waals surface area contributed by atoms with Gasteiger partial charge in [0.25, 0.3) is 0 Å². The van der Waals surface area contributed by atoms with Crippen LogP contribution in [0.15, 0.2) is 17.3 Å². The van der Waals surface area contributed by atoms with Gasteiger partial charge in [0.15, 0.2) is 0 Å². The van der Waals surface area contributed by atoms with Crippen molar-refractivity contribution in [3.05, 3.63) is 19.2 Å². The fourth-order valence-electron chi connectivity index (χ4n) is 0.0791. The molecule has 0 bridgehead atoms. The summed E-state index contributed by atoms with van der Waals surface area (Å²) in [7, 11) is 0. The van der Waals surface area contributed by atoms with Crippen LogP contribution < -0.4 is 0 Å². The zero-order chi connectivity index (χ0) is 4.99. The van der Waals surface area contributed by atoms with Crippen molar-refractivity contribution in [2.45, 2.75) is 6.42 Å². The fourth-order valence-corrected chi connectivity index (χ4v) is 0.0791. The van der Waals surface area contributed by atoms with E-state index in [1.54, 1.807) is 0 Å². The van der Waals surface area contributed by atoms with Gasteiger partial charge in [-0.1, -0.05) is 6.58 Å². The normalized spacial score (nSPS) is 7.50. The minimum absolute atomic E-state index is 0.656. The van der Waals surface area contributed by atoms with E-state index in [1.807, 2.05) is 0 Å². The van der Waals surface area contributed by atoms with Gasteiger partial charge in [0, 0.05) is 5.70 Å². The molecule has 6 heavy (non-hydrogen) atoms. The predicted octanol–water partition coefficient (Wildman–Crippen LogP) is 1.42. The Morgan fingerprint density at radius 1 is 1.67 bits per heavy atom. The number of rotatable bonds is 2. The summed E-state index contributed by atoms with van der Waals surface area (Å²) in [6.45, 7) is 10.3. The highest BCUT2D eigenvalue weighted by molar-refractivity contribution is 5.27. The van der Waals surface area contributed by atoms with Crippen LogP contribution in [0.4, 0.5) is 0 Å². The molecule has 0 saturated heterocycles. The Kier molecular flexibility index (Phi) is 2.38. The molecule has 0 aromatic carbocycles. The van der Waals surface area contributed by atoms with Crippen molar-refractivity contribution in [2.75, 3.05) is 0 Å². The van der Waals surface area contributed by atoms with Crippen LogP contribution in [-0.2, 0) is 0 Å². The summed E-state index contributed by atoms with van der Waals surface area (Å²) in [6.07, 6.45) is 0.656. The number of aliphatic imine (C=N–C) groups is 1. The van der Waals surface area contributed by atoms with Gasteiger partial charge in [-0.05, 0) is 20.1 Å². The summed E-state index contributed by atoms with van der Waals surface area (Å²) in [5.41, 5.74) is 0.745. The van der Waals surface area contributed by atoms with E-state index < -0.39 is 0 Å². The van der Waals surface area contributed by atoms with Crippen LogP contribution in [0.3, 0.4) is 0 Å². The average molecular weight is 82.1 g/mol. The molecule has 0 aliphatic heterocycles. The smallest absolute Gasteiger partial charge is 0.0324 e. The summed E-state index contributed by atoms with van der Waals surface area (Å²) in [5.74, 6) is 0. The third-order valence-electron chi connectivity index (χ3n) is 0.512. The molecule has 0 aromatic rings. The second-order valence-corrected chi connectivity index (χ2v) is 0.974. The summed E-state index contributed by atoms with van der Waals surface area (Å²) >= 11 is 0. The SMILES string of the molecule is [CH2]CC(=C)N=C. The maximum Gasteiger partial charge on any atom is 0.0324 e. The Labute approximate surface area is 38.4 Å². The maximum atomic E-state index is 3.52. The number of nitrogens with zero attached hydrogens (tertiary/aromatic N) is 1. The largest absolute Gasteiger partial charge is 0.270 e. The van der Waals surface area contributed by atoms with Crippen LogP contribution in [0, 0.1) is 6.92 Å². The molecule has 33 valence electrons. The van der Waals surface area contributed by atoms with Crippen LogP contribution in [0.5, 0.6) is 0 Å². The quantitative estimate of drug-likeness (QED) is 0.447. The maximum absolute atomic E-state index is 3.52. The highest BCUT2D eigenvalue weighted by Gasteiger charge is 1.74. The summed E-state index contributed by atoms with van der Waals surface area (Å²) in [6, 6.07) is 0. The molecule has 0 N–H and O–H groups in total. The Morgan fingerprint density at radius 2 is 2.17 bits per heavy atom. The van der Waals surface area contributed by atoms with Gasteiger partial charge in [-0.15, -0.1) is 0 Å². The molecule has 0 amide bonds. The highest BCUT2D eigenvalue weighted by Crippen LogP contribution is 1.92. The monoisotopic (exact) mass is 82.1 g/mol. The van der Waals surface area contributed by atoms with E-state index in [0.29, 0.717) is 6.42 Å². The summed E-state index contributed by atoms with van der Waals surface area (Å²) in [5, 5.41) is 0. The van der Waals surface area contributed by atoms with Crippen molar-refractivity contribution in [2.24, 2.45) is 4.99 Å². The molecule has 0 aliphatic carbocycles. The topological polar surface area (TPSA) is 12.4 Å². The minimum Gasteiger partial charge on any atom is -0.270 e. The van der Waals surface area contributed by atoms with Gasteiger partial charge in [0.2, 0.25) is 0 Å². The van der Waals surface area contributed by atoms with Crippen molar-refractivity contribution in [3.8, 4) is 0 Å². The van der Waals surface area contributed by atoms with Crippen LogP contribution >= 0.6 is 0 Å². The van der Waals surface area contributed by atoms with Crippen LogP contribution in [0.25, 0.3) is 0 Å². The first-order valence-electron chi connectivity index (χ1n) is 1.75. The van der Waals surface area contributed by atoms with Gasteiger partial charge in [0.05, 0.1) is 0 Å². The standard InChI is InChI=1S/C5H8N/c1-4-5(2)6-3/h1-4H2. The fraction of sp³-hybridized carbons (Fsp3) is 0.200. The molecule has 0 saturated carbocycles. The predicted molar refractivity (Wildman–Crippen MR) is 28.7 cm³/mol. The molecule has 0 heterocycles. The van der Waals surface area contributed by atoms with Crippen molar-refractivity contribution in [3.63, 3.8) is 0 Å². The third kappa shape index (κ3) is 1.70. The molecule has 1 radical (unpaired) electrons. The first-order valence-corrected chi connectivity index (χ1v) is 1.75. The zero-order valence-corrected chi connectivity index (χ0v) is 3.78. The molecule has 0 fully saturated rings. The molecule has 0 spiro atoms. The molecule has 0 atom stereocenters. The number of hydrogen-bond acceptors (Lipinski definition) is 1. The Bertz CT molecular complexity index is 64.3. The Hall–Kier alpha value is -0.590. The van der Waals surface area contributed by atoms with E-state index in [-0.39, 0.29) is 0 Å². The van der Waals surface area contributed by atoms with Gasteiger partial charge < -0.3 is 0 Å². The lowest BCUT2D eigenvalue weighted by Gasteiger charge is -1.83. The van der Waals surface area contributed by atoms with E-state index in [2.05, 4.69) is 25.2 Å². The van der Waals surface area contributed by atoms with Gasteiger partial charge in [0.1, 0.15) is 0 Å². The highest BCUT2D eigenvalue weighted by atomic mass is 14.7. The molecule has 0 aromatic heterocycles. The lowest BCUT2D eigenvalue weighted by atomic mass is 10.4. The zero-order valence-electron chi connectivity index (χ0n) is 3.78. The van der Waals surface area contributed by atoms with E-state index in [4.69, 9.17) is 0 Å². The van der Waals surface area contributed by atoms with Gasteiger partial charge in [-0.3, -0.25) is 4.99 Å². The van der Waals surface area contributed by atoms with Crippen LogP contribution in [0.2, 0.25) is 0 Å². The van der Waals surface area contributed by atoms with E-state index in [9.17, 15) is 0 Å². The molecular formula is C5H8N. The van der Waals surface area contributed by atoms with Crippen LogP contribution in [-0.4, -0.2) is 6.72 Å². The number of hydrogen-bond donors (Lipinski definition) is 0. The van der Waals surface area contributed by atoms with E-state index in [0.717, 1.165) is 5.70 Å².